The third-order valence-electron chi connectivity index (χ3n) is 2.93. The molecule has 5 nitrogen and oxygen atoms in total. The summed E-state index contributed by atoms with van der Waals surface area (Å²) in [5.74, 6) is 0.850. The number of aromatic nitrogens is 2. The van der Waals surface area contributed by atoms with Gasteiger partial charge >= 0.3 is 0 Å². The maximum atomic E-state index is 11.9. The van der Waals surface area contributed by atoms with E-state index in [-0.39, 0.29) is 5.91 Å². The molecule has 22 heavy (non-hydrogen) atoms. The minimum Gasteiger partial charge on any atom is -0.420 e. The van der Waals surface area contributed by atoms with Crippen molar-refractivity contribution in [3.63, 3.8) is 0 Å². The number of nitrogens with one attached hydrogen (secondary N) is 1. The summed E-state index contributed by atoms with van der Waals surface area (Å²) in [4.78, 5) is 12.9. The predicted octanol–water partition coefficient (Wildman–Crippen LogP) is 3.42. The summed E-state index contributed by atoms with van der Waals surface area (Å²) in [5, 5.41) is 13.3. The highest BCUT2D eigenvalue weighted by Gasteiger charge is 2.10. The number of halogens is 1. The average Bonchev–Trinajstić information content (AvgIpc) is 3.19. The molecule has 0 aliphatic carbocycles. The van der Waals surface area contributed by atoms with Gasteiger partial charge in [0.2, 0.25) is 5.89 Å². The van der Waals surface area contributed by atoms with E-state index in [0.717, 1.165) is 4.88 Å². The zero-order valence-electron chi connectivity index (χ0n) is 11.5. The second kappa shape index (κ2) is 6.72. The fourth-order valence-electron chi connectivity index (χ4n) is 1.84. The number of hydrogen-bond acceptors (Lipinski definition) is 5. The third-order valence-corrected chi connectivity index (χ3v) is 4.04. The maximum absolute atomic E-state index is 11.9. The molecule has 0 atom stereocenters. The van der Waals surface area contributed by atoms with E-state index in [1.807, 2.05) is 17.5 Å². The monoisotopic (exact) mass is 333 g/mol. The molecule has 0 saturated carbocycles. The Hall–Kier alpha value is -2.18. The van der Waals surface area contributed by atoms with E-state index in [4.69, 9.17) is 16.0 Å². The van der Waals surface area contributed by atoms with Gasteiger partial charge in [-0.1, -0.05) is 17.7 Å². The largest absolute Gasteiger partial charge is 0.420 e. The molecule has 0 fully saturated rings. The number of rotatable bonds is 5. The van der Waals surface area contributed by atoms with Gasteiger partial charge in [-0.25, -0.2) is 0 Å². The van der Waals surface area contributed by atoms with Crippen molar-refractivity contribution in [2.75, 3.05) is 6.54 Å². The number of hydrogen-bond donors (Lipinski definition) is 1. The Morgan fingerprint density at radius 3 is 2.77 bits per heavy atom. The zero-order chi connectivity index (χ0) is 15.4. The van der Waals surface area contributed by atoms with Gasteiger partial charge in [-0.15, -0.1) is 21.5 Å². The summed E-state index contributed by atoms with van der Waals surface area (Å²) in [7, 11) is 0. The fourth-order valence-corrected chi connectivity index (χ4v) is 2.61. The smallest absolute Gasteiger partial charge is 0.257 e. The van der Waals surface area contributed by atoms with E-state index in [9.17, 15) is 4.79 Å². The Balaban J connectivity index is 1.53. The molecule has 7 heteroatoms. The van der Waals surface area contributed by atoms with Crippen LogP contribution < -0.4 is 5.32 Å². The van der Waals surface area contributed by atoms with Gasteiger partial charge in [0, 0.05) is 23.6 Å². The Kier molecular flexibility index (Phi) is 4.50. The molecule has 0 radical (unpaired) electrons. The first-order valence-electron chi connectivity index (χ1n) is 6.62. The van der Waals surface area contributed by atoms with Crippen LogP contribution in [0.5, 0.6) is 0 Å². The van der Waals surface area contributed by atoms with Gasteiger partial charge < -0.3 is 9.73 Å². The summed E-state index contributed by atoms with van der Waals surface area (Å²) in [6.45, 7) is 0.424. The molecule has 3 aromatic rings. The summed E-state index contributed by atoms with van der Waals surface area (Å²) in [5.41, 5.74) is 0.564. The van der Waals surface area contributed by atoms with Crippen molar-refractivity contribution in [1.82, 2.24) is 15.5 Å². The van der Waals surface area contributed by atoms with E-state index in [1.165, 1.54) is 11.3 Å². The van der Waals surface area contributed by atoms with Crippen LogP contribution in [0, 0.1) is 0 Å². The third kappa shape index (κ3) is 3.52. The van der Waals surface area contributed by atoms with Crippen molar-refractivity contribution in [1.29, 1.82) is 0 Å². The lowest BCUT2D eigenvalue weighted by molar-refractivity contribution is 0.0953. The molecule has 0 bridgehead atoms. The minimum atomic E-state index is -0.158. The zero-order valence-corrected chi connectivity index (χ0v) is 13.0. The summed E-state index contributed by atoms with van der Waals surface area (Å²) in [6.07, 6.45) is 0.484. The second-order valence-electron chi connectivity index (χ2n) is 4.49. The van der Waals surface area contributed by atoms with Crippen molar-refractivity contribution in [3.05, 3.63) is 58.3 Å². The lowest BCUT2D eigenvalue weighted by Gasteiger charge is -2.03. The topological polar surface area (TPSA) is 68.0 Å². The first kappa shape index (κ1) is 14.7. The number of carbonyl (C=O) groups is 1. The van der Waals surface area contributed by atoms with E-state index in [0.29, 0.717) is 35.3 Å². The molecular formula is C15H12ClN3O2S. The van der Waals surface area contributed by atoms with Crippen molar-refractivity contribution < 1.29 is 9.21 Å². The molecular weight excluding hydrogens is 322 g/mol. The Morgan fingerprint density at radius 2 is 2.05 bits per heavy atom. The number of benzene rings is 1. The van der Waals surface area contributed by atoms with Crippen molar-refractivity contribution in [2.24, 2.45) is 0 Å². The number of thiophene rings is 1. The van der Waals surface area contributed by atoms with Crippen LogP contribution in [-0.4, -0.2) is 22.6 Å². The molecule has 3 rings (SSSR count). The molecule has 0 saturated heterocycles. The molecule has 0 unspecified atom stereocenters. The number of amides is 1. The Bertz CT molecular complexity index is 753. The van der Waals surface area contributed by atoms with E-state index in [2.05, 4.69) is 15.5 Å². The fraction of sp³-hybridized carbons (Fsp3) is 0.133. The van der Waals surface area contributed by atoms with Crippen LogP contribution in [-0.2, 0) is 6.42 Å². The molecule has 2 heterocycles. The molecule has 1 amide bonds. The van der Waals surface area contributed by atoms with Crippen LogP contribution in [0.25, 0.3) is 10.8 Å². The molecule has 2 aromatic heterocycles. The van der Waals surface area contributed by atoms with Crippen LogP contribution in [0.2, 0.25) is 5.02 Å². The predicted molar refractivity (Wildman–Crippen MR) is 85.1 cm³/mol. The lowest BCUT2D eigenvalue weighted by atomic mass is 10.2. The van der Waals surface area contributed by atoms with E-state index < -0.39 is 0 Å². The van der Waals surface area contributed by atoms with Crippen LogP contribution in [0.1, 0.15) is 16.2 Å². The number of carbonyl (C=O) groups excluding carboxylic acids is 1. The van der Waals surface area contributed by atoms with Crippen LogP contribution in [0.15, 0.2) is 46.2 Å². The SMILES string of the molecule is O=C(NCCc1nnc(-c2cccs2)o1)c1ccc(Cl)cc1. The molecule has 0 spiro atoms. The lowest BCUT2D eigenvalue weighted by Crippen LogP contribution is -2.25. The summed E-state index contributed by atoms with van der Waals surface area (Å²) >= 11 is 7.33. The van der Waals surface area contributed by atoms with Gasteiger partial charge in [-0.05, 0) is 35.7 Å². The first-order chi connectivity index (χ1) is 10.7. The molecule has 1 N–H and O–H groups in total. The normalized spacial score (nSPS) is 10.6. The maximum Gasteiger partial charge on any atom is 0.257 e. The quantitative estimate of drug-likeness (QED) is 0.776. The van der Waals surface area contributed by atoms with Gasteiger partial charge in [-0.2, -0.15) is 0 Å². The van der Waals surface area contributed by atoms with Gasteiger partial charge in [0.25, 0.3) is 11.8 Å². The standard InChI is InChI=1S/C15H12ClN3O2S/c16-11-5-3-10(4-6-11)14(20)17-8-7-13-18-19-15(21-13)12-2-1-9-22-12/h1-6,9H,7-8H2,(H,17,20). The van der Waals surface area contributed by atoms with Crippen LogP contribution in [0.3, 0.4) is 0 Å². The van der Waals surface area contributed by atoms with Gasteiger partial charge in [0.15, 0.2) is 0 Å². The highest BCUT2D eigenvalue weighted by molar-refractivity contribution is 7.13. The molecule has 0 aliphatic heterocycles. The molecule has 1 aromatic carbocycles. The van der Waals surface area contributed by atoms with Gasteiger partial charge in [-0.3, -0.25) is 4.79 Å². The molecule has 112 valence electrons. The highest BCUT2D eigenvalue weighted by atomic mass is 35.5. The van der Waals surface area contributed by atoms with Crippen molar-refractivity contribution in [2.45, 2.75) is 6.42 Å². The minimum absolute atomic E-state index is 0.158. The van der Waals surface area contributed by atoms with Crippen molar-refractivity contribution in [3.8, 4) is 10.8 Å². The van der Waals surface area contributed by atoms with Gasteiger partial charge in [0.05, 0.1) is 4.88 Å². The van der Waals surface area contributed by atoms with Crippen molar-refractivity contribution >= 4 is 28.8 Å². The van der Waals surface area contributed by atoms with E-state index in [1.54, 1.807) is 24.3 Å². The Labute approximate surface area is 135 Å². The van der Waals surface area contributed by atoms with Gasteiger partial charge in [0.1, 0.15) is 0 Å². The second-order valence-corrected chi connectivity index (χ2v) is 5.88. The highest BCUT2D eigenvalue weighted by Crippen LogP contribution is 2.22. The molecule has 0 aliphatic rings. The summed E-state index contributed by atoms with van der Waals surface area (Å²) in [6, 6.07) is 10.6. The summed E-state index contributed by atoms with van der Waals surface area (Å²) < 4.78 is 5.55. The number of nitrogens with zero attached hydrogens (tertiary/aromatic N) is 2. The van der Waals surface area contributed by atoms with Crippen LogP contribution >= 0.6 is 22.9 Å². The van der Waals surface area contributed by atoms with E-state index >= 15 is 0 Å². The first-order valence-corrected chi connectivity index (χ1v) is 7.88. The average molecular weight is 334 g/mol. The van der Waals surface area contributed by atoms with Crippen LogP contribution in [0.4, 0.5) is 0 Å². The Morgan fingerprint density at radius 1 is 1.23 bits per heavy atom.